The molecule has 5 nitrogen and oxygen atoms in total. The number of hydrogen-bond acceptors (Lipinski definition) is 6. The van der Waals surface area contributed by atoms with Crippen molar-refractivity contribution in [2.45, 2.75) is 39.0 Å². The first kappa shape index (κ1) is 13.2. The molecule has 0 radical (unpaired) electrons. The molecule has 0 saturated heterocycles. The summed E-state index contributed by atoms with van der Waals surface area (Å²) in [6.07, 6.45) is 4.70. The van der Waals surface area contributed by atoms with Gasteiger partial charge in [0.1, 0.15) is 0 Å². The van der Waals surface area contributed by atoms with Crippen molar-refractivity contribution in [3.8, 4) is 0 Å². The third kappa shape index (κ3) is 3.89. The van der Waals surface area contributed by atoms with Crippen LogP contribution in [-0.4, -0.2) is 21.7 Å². The maximum Gasteiger partial charge on any atom is 0.226 e. The lowest BCUT2D eigenvalue weighted by molar-refractivity contribution is 0.369. The number of nitrogens with two attached hydrogens (primary N) is 1. The molecular formula is C12H18N4OS. The SMILES string of the molecule is Cc1nc(Cc2noc(CCCCCN)n2)cs1. The molecule has 0 atom stereocenters. The van der Waals surface area contributed by atoms with Gasteiger partial charge in [0, 0.05) is 11.8 Å². The molecule has 0 amide bonds. The number of aromatic nitrogens is 3. The van der Waals surface area contributed by atoms with E-state index in [9.17, 15) is 0 Å². The van der Waals surface area contributed by atoms with Crippen LogP contribution in [0, 0.1) is 6.92 Å². The molecule has 2 rings (SSSR count). The number of unbranched alkanes of at least 4 members (excludes halogenated alkanes) is 2. The van der Waals surface area contributed by atoms with E-state index >= 15 is 0 Å². The lowest BCUT2D eigenvalue weighted by atomic mass is 10.2. The van der Waals surface area contributed by atoms with Gasteiger partial charge in [-0.05, 0) is 26.3 Å². The molecule has 2 heterocycles. The van der Waals surface area contributed by atoms with Gasteiger partial charge in [0.15, 0.2) is 5.82 Å². The van der Waals surface area contributed by atoms with Crippen molar-refractivity contribution < 1.29 is 4.52 Å². The highest BCUT2D eigenvalue weighted by molar-refractivity contribution is 7.09. The third-order valence-corrected chi connectivity index (χ3v) is 3.43. The smallest absolute Gasteiger partial charge is 0.226 e. The van der Waals surface area contributed by atoms with E-state index in [1.54, 1.807) is 11.3 Å². The van der Waals surface area contributed by atoms with E-state index in [0.29, 0.717) is 18.1 Å². The lowest BCUT2D eigenvalue weighted by Crippen LogP contribution is -1.98. The molecule has 2 aromatic heterocycles. The van der Waals surface area contributed by atoms with Crippen molar-refractivity contribution in [1.82, 2.24) is 15.1 Å². The third-order valence-electron chi connectivity index (χ3n) is 2.61. The van der Waals surface area contributed by atoms with Gasteiger partial charge in [-0.1, -0.05) is 11.6 Å². The summed E-state index contributed by atoms with van der Waals surface area (Å²) in [7, 11) is 0. The van der Waals surface area contributed by atoms with Gasteiger partial charge in [0.05, 0.1) is 17.1 Å². The zero-order valence-electron chi connectivity index (χ0n) is 10.6. The highest BCUT2D eigenvalue weighted by Crippen LogP contribution is 2.12. The Balaban J connectivity index is 1.82. The van der Waals surface area contributed by atoms with Gasteiger partial charge in [-0.25, -0.2) is 4.98 Å². The summed E-state index contributed by atoms with van der Waals surface area (Å²) in [4.78, 5) is 8.75. The first-order valence-corrected chi connectivity index (χ1v) is 7.08. The molecule has 2 N–H and O–H groups in total. The Bertz CT molecular complexity index is 480. The standard InChI is InChI=1S/C12H18N4OS/c1-9-14-10(8-18-9)7-11-15-12(17-16-11)5-3-2-4-6-13/h8H,2-7,13H2,1H3. The number of hydrogen-bond donors (Lipinski definition) is 1. The van der Waals surface area contributed by atoms with Crippen LogP contribution < -0.4 is 5.73 Å². The van der Waals surface area contributed by atoms with Crippen LogP contribution in [0.25, 0.3) is 0 Å². The van der Waals surface area contributed by atoms with Gasteiger partial charge in [0.2, 0.25) is 5.89 Å². The Labute approximate surface area is 110 Å². The van der Waals surface area contributed by atoms with E-state index in [4.69, 9.17) is 10.3 Å². The van der Waals surface area contributed by atoms with E-state index in [0.717, 1.165) is 42.9 Å². The largest absolute Gasteiger partial charge is 0.339 e. The first-order valence-electron chi connectivity index (χ1n) is 6.20. The predicted molar refractivity (Wildman–Crippen MR) is 70.6 cm³/mol. The van der Waals surface area contributed by atoms with Gasteiger partial charge in [-0.2, -0.15) is 4.98 Å². The fraction of sp³-hybridized carbons (Fsp3) is 0.583. The maximum atomic E-state index is 5.44. The summed E-state index contributed by atoms with van der Waals surface area (Å²) < 4.78 is 5.21. The van der Waals surface area contributed by atoms with Crippen LogP contribution in [0.1, 0.15) is 41.7 Å². The van der Waals surface area contributed by atoms with E-state index in [2.05, 4.69) is 15.1 Å². The summed E-state index contributed by atoms with van der Waals surface area (Å²) in [5, 5.41) is 7.07. The second kappa shape index (κ2) is 6.61. The molecule has 6 heteroatoms. The Hall–Kier alpha value is -1.27. The summed E-state index contributed by atoms with van der Waals surface area (Å²) in [6.45, 7) is 2.74. The minimum Gasteiger partial charge on any atom is -0.339 e. The number of thiazole rings is 1. The van der Waals surface area contributed by atoms with Gasteiger partial charge < -0.3 is 10.3 Å². The average Bonchev–Trinajstić information content (AvgIpc) is 2.95. The molecule has 0 unspecified atom stereocenters. The Morgan fingerprint density at radius 3 is 2.89 bits per heavy atom. The summed E-state index contributed by atoms with van der Waals surface area (Å²) >= 11 is 1.64. The zero-order valence-corrected chi connectivity index (χ0v) is 11.4. The van der Waals surface area contributed by atoms with Gasteiger partial charge >= 0.3 is 0 Å². The minimum absolute atomic E-state index is 0.649. The van der Waals surface area contributed by atoms with Crippen molar-refractivity contribution in [2.75, 3.05) is 6.54 Å². The molecule has 0 saturated carbocycles. The molecule has 18 heavy (non-hydrogen) atoms. The molecule has 0 aliphatic rings. The second-order valence-electron chi connectivity index (χ2n) is 4.24. The van der Waals surface area contributed by atoms with Crippen molar-refractivity contribution in [1.29, 1.82) is 0 Å². The number of rotatable bonds is 7. The maximum absolute atomic E-state index is 5.44. The fourth-order valence-electron chi connectivity index (χ4n) is 1.71. The van der Waals surface area contributed by atoms with Crippen LogP contribution in [0.2, 0.25) is 0 Å². The molecule has 0 aromatic carbocycles. The monoisotopic (exact) mass is 266 g/mol. The predicted octanol–water partition coefficient (Wildman–Crippen LogP) is 2.10. The average molecular weight is 266 g/mol. The normalized spacial score (nSPS) is 11.0. The molecule has 0 bridgehead atoms. The number of aryl methyl sites for hydroxylation is 2. The molecule has 0 spiro atoms. The highest BCUT2D eigenvalue weighted by Gasteiger charge is 2.08. The molecular weight excluding hydrogens is 248 g/mol. The van der Waals surface area contributed by atoms with Crippen molar-refractivity contribution >= 4 is 11.3 Å². The molecule has 2 aromatic rings. The van der Waals surface area contributed by atoms with Crippen LogP contribution in [0.15, 0.2) is 9.90 Å². The molecule has 98 valence electrons. The summed E-state index contributed by atoms with van der Waals surface area (Å²) in [5.41, 5.74) is 6.45. The Kier molecular flexibility index (Phi) is 4.83. The highest BCUT2D eigenvalue weighted by atomic mass is 32.1. The van der Waals surface area contributed by atoms with Crippen molar-refractivity contribution in [3.63, 3.8) is 0 Å². The van der Waals surface area contributed by atoms with Crippen LogP contribution in [-0.2, 0) is 12.8 Å². The van der Waals surface area contributed by atoms with Crippen molar-refractivity contribution in [2.24, 2.45) is 5.73 Å². The lowest BCUT2D eigenvalue weighted by Gasteiger charge is -1.94. The summed E-state index contributed by atoms with van der Waals surface area (Å²) in [5.74, 6) is 1.43. The van der Waals surface area contributed by atoms with Gasteiger partial charge in [-0.15, -0.1) is 11.3 Å². The number of nitrogens with zero attached hydrogens (tertiary/aromatic N) is 3. The van der Waals surface area contributed by atoms with E-state index in [-0.39, 0.29) is 0 Å². The van der Waals surface area contributed by atoms with Crippen LogP contribution in [0.3, 0.4) is 0 Å². The fourth-order valence-corrected chi connectivity index (χ4v) is 2.32. The molecule has 0 fully saturated rings. The quantitative estimate of drug-likeness (QED) is 0.776. The van der Waals surface area contributed by atoms with Crippen molar-refractivity contribution in [3.05, 3.63) is 27.8 Å². The summed E-state index contributed by atoms with van der Waals surface area (Å²) in [6, 6.07) is 0. The van der Waals surface area contributed by atoms with E-state index in [1.165, 1.54) is 0 Å². The molecule has 0 aliphatic carbocycles. The minimum atomic E-state index is 0.649. The first-order chi connectivity index (χ1) is 8.78. The van der Waals surface area contributed by atoms with Gasteiger partial charge in [0.25, 0.3) is 0 Å². The van der Waals surface area contributed by atoms with E-state index in [1.807, 2.05) is 12.3 Å². The van der Waals surface area contributed by atoms with Crippen LogP contribution >= 0.6 is 11.3 Å². The second-order valence-corrected chi connectivity index (χ2v) is 5.30. The Morgan fingerprint density at radius 1 is 1.28 bits per heavy atom. The van der Waals surface area contributed by atoms with Crippen LogP contribution in [0.4, 0.5) is 0 Å². The zero-order chi connectivity index (χ0) is 12.8. The van der Waals surface area contributed by atoms with Crippen LogP contribution in [0.5, 0.6) is 0 Å². The Morgan fingerprint density at radius 2 is 2.17 bits per heavy atom. The topological polar surface area (TPSA) is 77.8 Å². The van der Waals surface area contributed by atoms with Gasteiger partial charge in [-0.3, -0.25) is 0 Å². The van der Waals surface area contributed by atoms with E-state index < -0.39 is 0 Å². The molecule has 0 aliphatic heterocycles.